The number of hydrogen-bond donors (Lipinski definition) is 0. The molecule has 1 aromatic heterocycles. The molecule has 0 N–H and O–H groups in total. The highest BCUT2D eigenvalue weighted by Gasteiger charge is 2.32. The summed E-state index contributed by atoms with van der Waals surface area (Å²) in [6.45, 7) is 12.5. The van der Waals surface area contributed by atoms with Gasteiger partial charge in [-0.15, -0.1) is 13.2 Å². The van der Waals surface area contributed by atoms with Crippen LogP contribution >= 0.6 is 0 Å². The maximum absolute atomic E-state index is 6.54. The van der Waals surface area contributed by atoms with Gasteiger partial charge in [-0.2, -0.15) is 4.57 Å². The third kappa shape index (κ3) is 7.43. The molecule has 3 heterocycles. The average molecular weight is 713 g/mol. The summed E-state index contributed by atoms with van der Waals surface area (Å²) in [6.07, 6.45) is 13.4. The molecule has 7 rings (SSSR count). The van der Waals surface area contributed by atoms with E-state index in [1.165, 1.54) is 33.3 Å². The summed E-state index contributed by atoms with van der Waals surface area (Å²) < 4.78 is 38.2. The number of hydrogen-bond acceptors (Lipinski definition) is 6. The van der Waals surface area contributed by atoms with Crippen molar-refractivity contribution in [2.75, 3.05) is 34.2 Å². The first-order chi connectivity index (χ1) is 26.1. The summed E-state index contributed by atoms with van der Waals surface area (Å²) in [4.78, 5) is 0. The second-order valence-corrected chi connectivity index (χ2v) is 13.7. The minimum atomic E-state index is 0.263. The van der Waals surface area contributed by atoms with Gasteiger partial charge in [0.25, 0.3) is 0 Å². The fourth-order valence-corrected chi connectivity index (χ4v) is 7.66. The normalized spacial score (nSPS) is 12.6. The number of nitrogens with zero attached hydrogens (tertiary/aromatic N) is 1. The van der Waals surface area contributed by atoms with E-state index in [9.17, 15) is 0 Å². The summed E-state index contributed by atoms with van der Waals surface area (Å²) in [5, 5.41) is 2.24. The highest BCUT2D eigenvalue weighted by atomic mass is 16.7. The number of allylic oxidation sites excluding steroid dienone is 2. The molecular formula is C46H50NO6+. The fraction of sp³-hybridized carbons (Fsp3) is 0.326. The van der Waals surface area contributed by atoms with Gasteiger partial charge in [-0.1, -0.05) is 31.2 Å². The van der Waals surface area contributed by atoms with Gasteiger partial charge in [0, 0.05) is 22.9 Å². The van der Waals surface area contributed by atoms with Gasteiger partial charge >= 0.3 is 0 Å². The molecule has 7 heteroatoms. The quantitative estimate of drug-likeness (QED) is 0.0544. The topological polar surface area (TPSA) is 59.3 Å². The van der Waals surface area contributed by atoms with Crippen molar-refractivity contribution in [2.45, 2.75) is 64.8 Å². The van der Waals surface area contributed by atoms with Crippen molar-refractivity contribution in [2.24, 2.45) is 0 Å². The van der Waals surface area contributed by atoms with Crippen LogP contribution in [0.25, 0.3) is 33.2 Å². The lowest BCUT2D eigenvalue weighted by Crippen LogP contribution is -2.41. The molecule has 53 heavy (non-hydrogen) atoms. The summed E-state index contributed by atoms with van der Waals surface area (Å²) in [5.41, 5.74) is 9.58. The molecule has 2 aliphatic heterocycles. The van der Waals surface area contributed by atoms with Crippen molar-refractivity contribution in [3.63, 3.8) is 0 Å². The van der Waals surface area contributed by atoms with Gasteiger partial charge in [0.1, 0.15) is 11.5 Å². The van der Waals surface area contributed by atoms with Gasteiger partial charge in [0.15, 0.2) is 35.7 Å². The smallest absolute Gasteiger partial charge is 0.231 e. The maximum atomic E-state index is 6.54. The zero-order valence-corrected chi connectivity index (χ0v) is 31.3. The molecule has 4 aromatic carbocycles. The van der Waals surface area contributed by atoms with Gasteiger partial charge < -0.3 is 28.4 Å². The predicted molar refractivity (Wildman–Crippen MR) is 211 cm³/mol. The largest absolute Gasteiger partial charge is 0.493 e. The SMILES string of the molecule is C=CCc1ccc(OCCCCCc2c3[n+](cc4c(OC)c(OC)ccc24)CCc2cc4c(cc2-3)OCO4)c(-c2ccc(OCCC)c(CC=C)c2)c1. The van der Waals surface area contributed by atoms with Gasteiger partial charge in [-0.3, -0.25) is 0 Å². The van der Waals surface area contributed by atoms with E-state index in [1.54, 1.807) is 14.2 Å². The van der Waals surface area contributed by atoms with Crippen molar-refractivity contribution in [1.29, 1.82) is 0 Å². The molecule has 274 valence electrons. The summed E-state index contributed by atoms with van der Waals surface area (Å²) >= 11 is 0. The van der Waals surface area contributed by atoms with E-state index in [-0.39, 0.29) is 6.79 Å². The van der Waals surface area contributed by atoms with Crippen molar-refractivity contribution in [1.82, 2.24) is 0 Å². The second-order valence-electron chi connectivity index (χ2n) is 13.7. The molecule has 0 saturated heterocycles. The van der Waals surface area contributed by atoms with Crippen molar-refractivity contribution in [3.8, 4) is 56.9 Å². The van der Waals surface area contributed by atoms with Crippen LogP contribution in [0.15, 0.2) is 92.2 Å². The van der Waals surface area contributed by atoms with Crippen LogP contribution in [0.5, 0.6) is 34.5 Å². The van der Waals surface area contributed by atoms with Crippen LogP contribution < -0.4 is 33.0 Å². The van der Waals surface area contributed by atoms with E-state index in [2.05, 4.69) is 85.4 Å². The molecule has 7 nitrogen and oxygen atoms in total. The average Bonchev–Trinajstić information content (AvgIpc) is 3.65. The molecule has 0 fully saturated rings. The monoisotopic (exact) mass is 712 g/mol. The Bertz CT molecular complexity index is 2140. The summed E-state index contributed by atoms with van der Waals surface area (Å²) in [5.74, 6) is 4.94. The standard InChI is InChI=1S/C46H50NO6/c1-6-12-31-15-18-41(37(25-31)32-16-19-40(50-23-8-3)34(26-32)13-7-2)51-24-11-9-10-14-36-35-17-20-42(48-4)46(49-5)39(35)29-47-22-21-33-27-43-44(53-30-52-43)28-38(33)45(36)47/h6-7,15-20,25-29H,1-2,8-14,21-24,30H2,3-5H3/q+1. The highest BCUT2D eigenvalue weighted by molar-refractivity contribution is 5.95. The molecular weight excluding hydrogens is 663 g/mol. The Kier molecular flexibility index (Phi) is 11.2. The molecule has 0 bridgehead atoms. The lowest BCUT2D eigenvalue weighted by atomic mass is 9.89. The Morgan fingerprint density at radius 1 is 0.755 bits per heavy atom. The minimum absolute atomic E-state index is 0.263. The van der Waals surface area contributed by atoms with Crippen LogP contribution in [0.2, 0.25) is 0 Å². The Morgan fingerprint density at radius 3 is 2.34 bits per heavy atom. The second kappa shape index (κ2) is 16.5. The zero-order chi connectivity index (χ0) is 36.7. The van der Waals surface area contributed by atoms with E-state index < -0.39 is 0 Å². The number of rotatable bonds is 17. The van der Waals surface area contributed by atoms with Crippen LogP contribution in [0, 0.1) is 0 Å². The maximum Gasteiger partial charge on any atom is 0.231 e. The van der Waals surface area contributed by atoms with Crippen LogP contribution in [0.4, 0.5) is 0 Å². The fourth-order valence-electron chi connectivity index (χ4n) is 7.66. The van der Waals surface area contributed by atoms with E-state index in [0.29, 0.717) is 13.2 Å². The summed E-state index contributed by atoms with van der Waals surface area (Å²) in [6, 6.07) is 21.4. The molecule has 0 radical (unpaired) electrons. The van der Waals surface area contributed by atoms with Crippen molar-refractivity contribution < 1.29 is 33.0 Å². The van der Waals surface area contributed by atoms with Crippen LogP contribution in [-0.4, -0.2) is 34.2 Å². The Morgan fingerprint density at radius 2 is 1.55 bits per heavy atom. The lowest BCUT2D eigenvalue weighted by molar-refractivity contribution is -0.686. The zero-order valence-electron chi connectivity index (χ0n) is 31.3. The molecule has 0 atom stereocenters. The van der Waals surface area contributed by atoms with Gasteiger partial charge in [0.2, 0.25) is 12.5 Å². The van der Waals surface area contributed by atoms with Crippen LogP contribution in [0.3, 0.4) is 0 Å². The van der Waals surface area contributed by atoms with E-state index in [1.807, 2.05) is 18.2 Å². The lowest BCUT2D eigenvalue weighted by Gasteiger charge is -2.21. The molecule has 2 aliphatic rings. The van der Waals surface area contributed by atoms with Gasteiger partial charge in [-0.05, 0) is 116 Å². The number of pyridine rings is 1. The van der Waals surface area contributed by atoms with Gasteiger partial charge in [-0.25, -0.2) is 0 Å². The third-order valence-electron chi connectivity index (χ3n) is 10.2. The molecule has 0 unspecified atom stereocenters. The third-order valence-corrected chi connectivity index (χ3v) is 10.2. The van der Waals surface area contributed by atoms with Crippen LogP contribution in [-0.2, 0) is 32.2 Å². The Labute approximate surface area is 313 Å². The Hall–Kier alpha value is -5.43. The minimum Gasteiger partial charge on any atom is -0.493 e. The molecule has 0 saturated carbocycles. The number of ether oxygens (including phenoxy) is 6. The molecule has 0 amide bonds. The van der Waals surface area contributed by atoms with Crippen LogP contribution in [0.1, 0.15) is 54.9 Å². The number of aryl methyl sites for hydroxylation is 3. The van der Waals surface area contributed by atoms with Crippen molar-refractivity contribution in [3.05, 3.63) is 114 Å². The first kappa shape index (κ1) is 36.0. The number of methoxy groups -OCH3 is 2. The number of unbranched alkanes of at least 4 members (excludes halogenated alkanes) is 2. The van der Waals surface area contributed by atoms with E-state index >= 15 is 0 Å². The molecule has 5 aromatic rings. The predicted octanol–water partition coefficient (Wildman–Crippen LogP) is 9.80. The number of aromatic nitrogens is 1. The van der Waals surface area contributed by atoms with E-state index in [4.69, 9.17) is 28.4 Å². The highest BCUT2D eigenvalue weighted by Crippen LogP contribution is 2.44. The first-order valence-corrected chi connectivity index (χ1v) is 18.8. The first-order valence-electron chi connectivity index (χ1n) is 18.8. The number of benzene rings is 4. The summed E-state index contributed by atoms with van der Waals surface area (Å²) in [7, 11) is 3.40. The Balaban J connectivity index is 1.11. The number of fused-ring (bicyclic) bond motifs is 5. The van der Waals surface area contributed by atoms with Crippen molar-refractivity contribution >= 4 is 10.8 Å². The molecule has 0 spiro atoms. The molecule has 0 aliphatic carbocycles. The van der Waals surface area contributed by atoms with E-state index in [0.717, 1.165) is 114 Å². The van der Waals surface area contributed by atoms with Gasteiger partial charge in [0.05, 0.1) is 38.4 Å².